The van der Waals surface area contributed by atoms with Gasteiger partial charge in [-0.05, 0) is 39.0 Å². The highest BCUT2D eigenvalue weighted by atomic mass is 127. The van der Waals surface area contributed by atoms with Crippen molar-refractivity contribution in [3.05, 3.63) is 9.66 Å². The summed E-state index contributed by atoms with van der Waals surface area (Å²) in [4.78, 5) is 0. The van der Waals surface area contributed by atoms with E-state index in [1.807, 2.05) is 6.92 Å². The molecular formula is C18H18F17I. The third-order valence-electron chi connectivity index (χ3n) is 4.85. The van der Waals surface area contributed by atoms with Gasteiger partial charge in [0.2, 0.25) is 0 Å². The quantitative estimate of drug-likeness (QED) is 0.0972. The molecule has 0 saturated carbocycles. The average Bonchev–Trinajstić information content (AvgIpc) is 2.68. The smallest absolute Gasteiger partial charge is 0.195 e. The van der Waals surface area contributed by atoms with Gasteiger partial charge in [0.1, 0.15) is 0 Å². The lowest BCUT2D eigenvalue weighted by molar-refractivity contribution is -0.459. The molecular weight excluding hydrogens is 666 g/mol. The first-order valence-corrected chi connectivity index (χ1v) is 10.9. The Morgan fingerprint density at radius 1 is 0.500 bits per heavy atom. The minimum atomic E-state index is -8.60. The minimum Gasteiger partial charge on any atom is -0.195 e. The Labute approximate surface area is 206 Å². The molecule has 0 unspecified atom stereocenters. The number of halogens is 18. The van der Waals surface area contributed by atoms with Crippen molar-refractivity contribution >= 4 is 22.6 Å². The van der Waals surface area contributed by atoms with E-state index in [4.69, 9.17) is 0 Å². The second-order valence-electron chi connectivity index (χ2n) is 7.68. The first-order valence-electron chi connectivity index (χ1n) is 9.79. The number of unbranched alkanes of at least 4 members (excludes halogenated alkanes) is 5. The maximum Gasteiger partial charge on any atom is 0.460 e. The maximum atomic E-state index is 13.9. The molecule has 18 heteroatoms. The lowest BCUT2D eigenvalue weighted by Crippen LogP contribution is -2.74. The van der Waals surface area contributed by atoms with Gasteiger partial charge in [-0.3, -0.25) is 0 Å². The Morgan fingerprint density at radius 3 is 1.22 bits per heavy atom. The van der Waals surface area contributed by atoms with Gasteiger partial charge in [0, 0.05) is 6.08 Å². The molecule has 0 aliphatic rings. The molecule has 0 aromatic carbocycles. The molecule has 0 aliphatic carbocycles. The number of alkyl halides is 17. The van der Waals surface area contributed by atoms with E-state index >= 15 is 0 Å². The Balaban J connectivity index is 6.20. The van der Waals surface area contributed by atoms with Crippen LogP contribution in [0.5, 0.6) is 0 Å². The highest BCUT2D eigenvalue weighted by Crippen LogP contribution is 2.64. The average molecular weight is 684 g/mol. The largest absolute Gasteiger partial charge is 0.460 e. The normalized spacial score (nSPS) is 16.0. The second kappa shape index (κ2) is 11.2. The van der Waals surface area contributed by atoms with Crippen molar-refractivity contribution in [2.75, 3.05) is 0 Å². The van der Waals surface area contributed by atoms with Crippen LogP contribution in [0.4, 0.5) is 74.6 Å². The molecule has 0 nitrogen and oxygen atoms in total. The molecule has 0 aliphatic heterocycles. The predicted molar refractivity (Wildman–Crippen MR) is 101 cm³/mol. The molecule has 0 N–H and O–H groups in total. The lowest BCUT2D eigenvalue weighted by atomic mass is 9.89. The van der Waals surface area contributed by atoms with Crippen LogP contribution >= 0.6 is 22.6 Å². The molecule has 0 radical (unpaired) electrons. The molecule has 0 rings (SSSR count). The van der Waals surface area contributed by atoms with Gasteiger partial charge >= 0.3 is 47.6 Å². The molecule has 0 fully saturated rings. The molecule has 216 valence electrons. The zero-order chi connectivity index (χ0) is 29.2. The Hall–Kier alpha value is -0.720. The fourth-order valence-electron chi connectivity index (χ4n) is 2.61. The van der Waals surface area contributed by atoms with Crippen molar-refractivity contribution < 1.29 is 74.6 Å². The highest BCUT2D eigenvalue weighted by molar-refractivity contribution is 14.1. The van der Waals surface area contributed by atoms with E-state index < -0.39 is 63.7 Å². The number of hydrogen-bond donors (Lipinski definition) is 0. The van der Waals surface area contributed by atoms with Gasteiger partial charge in [0.15, 0.2) is 0 Å². The zero-order valence-electron chi connectivity index (χ0n) is 17.8. The van der Waals surface area contributed by atoms with Crippen molar-refractivity contribution in [2.24, 2.45) is 0 Å². The van der Waals surface area contributed by atoms with E-state index in [-0.39, 0.29) is 6.42 Å². The van der Waals surface area contributed by atoms with Crippen molar-refractivity contribution in [2.45, 2.75) is 99.5 Å². The van der Waals surface area contributed by atoms with E-state index in [0.717, 1.165) is 35.4 Å². The fraction of sp³-hybridized carbons (Fsp3) is 0.889. The molecule has 0 bridgehead atoms. The first-order chi connectivity index (χ1) is 15.7. The Kier molecular flexibility index (Phi) is 11.0. The molecule has 0 saturated heterocycles. The summed E-state index contributed by atoms with van der Waals surface area (Å²) in [6, 6.07) is 0. The van der Waals surface area contributed by atoms with Crippen LogP contribution in [0.1, 0.15) is 51.9 Å². The van der Waals surface area contributed by atoms with Crippen LogP contribution in [0.25, 0.3) is 0 Å². The Morgan fingerprint density at radius 2 is 0.833 bits per heavy atom. The van der Waals surface area contributed by atoms with Crippen LogP contribution in [-0.4, -0.2) is 47.6 Å². The topological polar surface area (TPSA) is 0 Å². The van der Waals surface area contributed by atoms with E-state index in [2.05, 4.69) is 0 Å². The van der Waals surface area contributed by atoms with Crippen LogP contribution in [0.2, 0.25) is 0 Å². The van der Waals surface area contributed by atoms with Crippen LogP contribution in [0.15, 0.2) is 9.66 Å². The molecule has 36 heavy (non-hydrogen) atoms. The van der Waals surface area contributed by atoms with Gasteiger partial charge < -0.3 is 0 Å². The third-order valence-corrected chi connectivity index (χ3v) is 5.70. The fourth-order valence-corrected chi connectivity index (χ4v) is 3.38. The van der Waals surface area contributed by atoms with Gasteiger partial charge in [-0.25, -0.2) is 0 Å². The zero-order valence-corrected chi connectivity index (χ0v) is 20.0. The van der Waals surface area contributed by atoms with Crippen molar-refractivity contribution in [1.82, 2.24) is 0 Å². The summed E-state index contributed by atoms with van der Waals surface area (Å²) in [5.74, 6) is -56.1. The minimum absolute atomic E-state index is 0.00348. The summed E-state index contributed by atoms with van der Waals surface area (Å²) in [7, 11) is 0. The first kappa shape index (κ1) is 35.3. The number of rotatable bonds is 14. The number of hydrogen-bond acceptors (Lipinski definition) is 0. The Bertz CT molecular complexity index is 751. The van der Waals surface area contributed by atoms with Gasteiger partial charge in [0.05, 0.1) is 0 Å². The predicted octanol–water partition coefficient (Wildman–Crippen LogP) is 10.1. The van der Waals surface area contributed by atoms with Crippen molar-refractivity contribution in [3.8, 4) is 0 Å². The van der Waals surface area contributed by atoms with Gasteiger partial charge in [-0.1, -0.05) is 39.0 Å². The SMILES string of the molecule is CCCCCCCCC(I)=CC(F)(F)C(F)(F)C(F)(F)C(F)(F)C(F)(F)C(F)(F)C(F)(F)C(F)(F)F. The summed E-state index contributed by atoms with van der Waals surface area (Å²) in [5.41, 5.74) is 0. The molecule has 0 amide bonds. The summed E-state index contributed by atoms with van der Waals surface area (Å²) in [6.07, 6.45) is -6.13. The second-order valence-corrected chi connectivity index (χ2v) is 9.06. The summed E-state index contributed by atoms with van der Waals surface area (Å²) in [6.45, 7) is 1.85. The summed E-state index contributed by atoms with van der Waals surface area (Å²) < 4.78 is 224. The molecule has 0 atom stereocenters. The third kappa shape index (κ3) is 6.12. The van der Waals surface area contributed by atoms with Crippen LogP contribution < -0.4 is 0 Å². The van der Waals surface area contributed by atoms with E-state index in [0.29, 0.717) is 19.3 Å². The molecule has 0 aromatic heterocycles. The van der Waals surface area contributed by atoms with Crippen LogP contribution in [0.3, 0.4) is 0 Å². The van der Waals surface area contributed by atoms with Gasteiger partial charge in [-0.2, -0.15) is 74.6 Å². The summed E-state index contributed by atoms with van der Waals surface area (Å²) in [5, 5.41) is 0. The van der Waals surface area contributed by atoms with Crippen molar-refractivity contribution in [1.29, 1.82) is 0 Å². The standard InChI is InChI=1S/C18H18F17I/c1-2-3-4-5-6-7-8-10(36)9-11(19,20)12(21,22)13(23,24)14(25,26)15(27,28)16(29,30)17(31,32)18(33,34)35/h9H,2-8H2,1H3. The molecule has 0 aromatic rings. The monoisotopic (exact) mass is 684 g/mol. The summed E-state index contributed by atoms with van der Waals surface area (Å²) >= 11 is 0.896. The maximum absolute atomic E-state index is 13.9. The van der Waals surface area contributed by atoms with Crippen molar-refractivity contribution in [3.63, 3.8) is 0 Å². The van der Waals surface area contributed by atoms with E-state index in [1.54, 1.807) is 0 Å². The van der Waals surface area contributed by atoms with Gasteiger partial charge in [0.25, 0.3) is 0 Å². The highest BCUT2D eigenvalue weighted by Gasteiger charge is 2.95. The van der Waals surface area contributed by atoms with Crippen LogP contribution in [0, 0.1) is 0 Å². The van der Waals surface area contributed by atoms with E-state index in [1.165, 1.54) is 0 Å². The lowest BCUT2D eigenvalue weighted by Gasteiger charge is -2.42. The van der Waals surface area contributed by atoms with E-state index in [9.17, 15) is 74.6 Å². The molecule has 0 heterocycles. The van der Waals surface area contributed by atoms with Gasteiger partial charge in [-0.15, -0.1) is 0 Å². The van der Waals surface area contributed by atoms with Crippen LogP contribution in [-0.2, 0) is 0 Å². The number of allylic oxidation sites excluding steroid dienone is 2. The molecule has 0 spiro atoms.